The zero-order valence-corrected chi connectivity index (χ0v) is 6.39. The van der Waals surface area contributed by atoms with Crippen molar-refractivity contribution in [2.24, 2.45) is 0 Å². The number of carbonyl (C=O) groups is 1. The van der Waals surface area contributed by atoms with Crippen LogP contribution in [0.15, 0.2) is 12.8 Å². The third-order valence-electron chi connectivity index (χ3n) is 1.01. The van der Waals surface area contributed by atoms with E-state index in [9.17, 15) is 4.79 Å². The quantitative estimate of drug-likeness (QED) is 0.588. The third kappa shape index (κ3) is 3.12. The van der Waals surface area contributed by atoms with Crippen LogP contribution in [-0.2, 0) is 9.53 Å². The molecule has 10 heavy (non-hydrogen) atoms. The fraction of sp³-hybridized carbons (Fsp3) is 0.571. The molecular weight excluding hydrogens is 130 g/mol. The fourth-order valence-corrected chi connectivity index (χ4v) is 0.512. The van der Waals surface area contributed by atoms with Gasteiger partial charge in [0, 0.05) is 0 Å². The summed E-state index contributed by atoms with van der Waals surface area (Å²) in [6.45, 7) is 7.34. The summed E-state index contributed by atoms with van der Waals surface area (Å²) in [4.78, 5) is 10.8. The largest absolute Gasteiger partial charge is 0.464 e. The van der Waals surface area contributed by atoms with Gasteiger partial charge in [0.25, 0.3) is 0 Å². The maximum absolute atomic E-state index is 10.8. The molecule has 0 fully saturated rings. The lowest BCUT2D eigenvalue weighted by Crippen LogP contribution is -2.31. The van der Waals surface area contributed by atoms with Crippen molar-refractivity contribution < 1.29 is 9.53 Å². The van der Waals surface area contributed by atoms with E-state index in [2.05, 4.69) is 11.9 Å². The summed E-state index contributed by atoms with van der Waals surface area (Å²) in [7, 11) is 0. The summed E-state index contributed by atoms with van der Waals surface area (Å²) in [6, 6.07) is -0.294. The molecule has 0 aliphatic heterocycles. The number of carbonyl (C=O) groups excluding carboxylic acids is 1. The number of hydrogen-bond donors (Lipinski definition) is 1. The minimum Gasteiger partial charge on any atom is -0.464 e. The molecule has 58 valence electrons. The molecule has 0 aromatic rings. The van der Waals surface area contributed by atoms with Crippen LogP contribution in [0.5, 0.6) is 0 Å². The summed E-state index contributed by atoms with van der Waals surface area (Å²) >= 11 is 0. The van der Waals surface area contributed by atoms with Crippen LogP contribution in [0.1, 0.15) is 13.8 Å². The maximum atomic E-state index is 10.8. The Morgan fingerprint density at radius 1 is 1.90 bits per heavy atom. The van der Waals surface area contributed by atoms with Crippen LogP contribution >= 0.6 is 0 Å². The van der Waals surface area contributed by atoms with Crippen LogP contribution in [0.2, 0.25) is 0 Å². The highest BCUT2D eigenvalue weighted by Gasteiger charge is 2.09. The van der Waals surface area contributed by atoms with E-state index in [4.69, 9.17) is 4.74 Å². The normalized spacial score (nSPS) is 11.8. The van der Waals surface area contributed by atoms with E-state index >= 15 is 0 Å². The maximum Gasteiger partial charge on any atom is 0.328 e. The molecule has 0 saturated carbocycles. The van der Waals surface area contributed by atoms with E-state index in [-0.39, 0.29) is 12.0 Å². The van der Waals surface area contributed by atoms with Crippen molar-refractivity contribution >= 4 is 5.97 Å². The van der Waals surface area contributed by atoms with E-state index in [1.807, 2.05) is 0 Å². The molecular formula is C7H13NO2. The lowest BCUT2D eigenvalue weighted by Gasteiger charge is -2.08. The number of esters is 1. The van der Waals surface area contributed by atoms with Crippen LogP contribution in [0.4, 0.5) is 0 Å². The highest BCUT2D eigenvalue weighted by atomic mass is 16.5. The minimum absolute atomic E-state index is 0.248. The molecule has 1 unspecified atom stereocenters. The molecule has 0 heterocycles. The standard InChI is InChI=1S/C7H13NO2/c1-4-8-6(3)7(9)10-5-2/h4,6,8H,1,5H2,2-3H3. The van der Waals surface area contributed by atoms with Crippen molar-refractivity contribution in [3.8, 4) is 0 Å². The second kappa shape index (κ2) is 4.85. The SMILES string of the molecule is C=CNC(C)C(=O)OCC. The van der Waals surface area contributed by atoms with Crippen LogP contribution < -0.4 is 5.32 Å². The van der Waals surface area contributed by atoms with E-state index in [1.54, 1.807) is 13.8 Å². The smallest absolute Gasteiger partial charge is 0.328 e. The van der Waals surface area contributed by atoms with E-state index in [1.165, 1.54) is 6.20 Å². The van der Waals surface area contributed by atoms with Gasteiger partial charge in [-0.3, -0.25) is 0 Å². The molecule has 0 aliphatic rings. The summed E-state index contributed by atoms with van der Waals surface area (Å²) in [6.07, 6.45) is 1.47. The van der Waals surface area contributed by atoms with Crippen molar-refractivity contribution in [2.45, 2.75) is 19.9 Å². The average Bonchev–Trinajstić information content (AvgIpc) is 1.89. The summed E-state index contributed by atoms with van der Waals surface area (Å²) in [5, 5.41) is 2.72. The molecule has 0 radical (unpaired) electrons. The van der Waals surface area contributed by atoms with Crippen molar-refractivity contribution in [3.63, 3.8) is 0 Å². The van der Waals surface area contributed by atoms with Gasteiger partial charge in [0.05, 0.1) is 6.61 Å². The molecule has 1 atom stereocenters. The van der Waals surface area contributed by atoms with Gasteiger partial charge in [0.1, 0.15) is 6.04 Å². The molecule has 1 N–H and O–H groups in total. The molecule has 0 bridgehead atoms. The van der Waals surface area contributed by atoms with Gasteiger partial charge in [-0.1, -0.05) is 6.58 Å². The Hall–Kier alpha value is -0.990. The average molecular weight is 143 g/mol. The van der Waals surface area contributed by atoms with Crippen LogP contribution in [0, 0.1) is 0 Å². The van der Waals surface area contributed by atoms with Gasteiger partial charge in [-0.2, -0.15) is 0 Å². The number of rotatable bonds is 4. The zero-order chi connectivity index (χ0) is 7.98. The van der Waals surface area contributed by atoms with E-state index < -0.39 is 0 Å². The first-order chi connectivity index (χ1) is 4.72. The Bertz CT molecular complexity index is 123. The highest BCUT2D eigenvalue weighted by Crippen LogP contribution is 1.86. The minimum atomic E-state index is -0.294. The second-order valence-electron chi connectivity index (χ2n) is 1.84. The Labute approximate surface area is 61.1 Å². The Morgan fingerprint density at radius 2 is 2.50 bits per heavy atom. The van der Waals surface area contributed by atoms with Crippen molar-refractivity contribution in [2.75, 3.05) is 6.61 Å². The first kappa shape index (κ1) is 9.01. The Kier molecular flexibility index (Phi) is 4.37. The molecule has 3 heteroatoms. The van der Waals surface area contributed by atoms with Crippen LogP contribution in [-0.4, -0.2) is 18.6 Å². The number of ether oxygens (including phenoxy) is 1. The topological polar surface area (TPSA) is 38.3 Å². The van der Waals surface area contributed by atoms with E-state index in [0.717, 1.165) is 0 Å². The second-order valence-corrected chi connectivity index (χ2v) is 1.84. The Morgan fingerprint density at radius 3 is 2.90 bits per heavy atom. The third-order valence-corrected chi connectivity index (χ3v) is 1.01. The van der Waals surface area contributed by atoms with Gasteiger partial charge < -0.3 is 10.1 Å². The van der Waals surface area contributed by atoms with Gasteiger partial charge in [0.15, 0.2) is 0 Å². The number of hydrogen-bond acceptors (Lipinski definition) is 3. The molecule has 3 nitrogen and oxygen atoms in total. The lowest BCUT2D eigenvalue weighted by atomic mass is 10.3. The predicted molar refractivity (Wildman–Crippen MR) is 39.4 cm³/mol. The number of nitrogens with one attached hydrogen (secondary N) is 1. The molecule has 0 saturated heterocycles. The van der Waals surface area contributed by atoms with Crippen LogP contribution in [0.3, 0.4) is 0 Å². The molecule has 0 aromatic carbocycles. The zero-order valence-electron chi connectivity index (χ0n) is 6.39. The predicted octanol–water partition coefficient (Wildman–Crippen LogP) is 0.671. The van der Waals surface area contributed by atoms with Gasteiger partial charge in [-0.25, -0.2) is 4.79 Å². The van der Waals surface area contributed by atoms with Crippen LogP contribution in [0.25, 0.3) is 0 Å². The van der Waals surface area contributed by atoms with Gasteiger partial charge in [0.2, 0.25) is 0 Å². The van der Waals surface area contributed by atoms with Gasteiger partial charge in [-0.05, 0) is 20.0 Å². The molecule has 0 rings (SSSR count). The summed E-state index contributed by atoms with van der Waals surface area (Å²) < 4.78 is 4.71. The van der Waals surface area contributed by atoms with Crippen molar-refractivity contribution in [1.29, 1.82) is 0 Å². The van der Waals surface area contributed by atoms with E-state index in [0.29, 0.717) is 6.61 Å². The molecule has 0 amide bonds. The molecule has 0 spiro atoms. The van der Waals surface area contributed by atoms with Gasteiger partial charge >= 0.3 is 5.97 Å². The van der Waals surface area contributed by atoms with Crippen molar-refractivity contribution in [1.82, 2.24) is 5.32 Å². The first-order valence-corrected chi connectivity index (χ1v) is 3.26. The molecule has 0 aromatic heterocycles. The fourth-order valence-electron chi connectivity index (χ4n) is 0.512. The Balaban J connectivity index is 3.58. The van der Waals surface area contributed by atoms with Gasteiger partial charge in [-0.15, -0.1) is 0 Å². The van der Waals surface area contributed by atoms with Crippen molar-refractivity contribution in [3.05, 3.63) is 12.8 Å². The summed E-state index contributed by atoms with van der Waals surface area (Å²) in [5.74, 6) is -0.248. The monoisotopic (exact) mass is 143 g/mol. The highest BCUT2D eigenvalue weighted by molar-refractivity contribution is 5.75. The summed E-state index contributed by atoms with van der Waals surface area (Å²) in [5.41, 5.74) is 0. The lowest BCUT2D eigenvalue weighted by molar-refractivity contribution is -0.144. The molecule has 0 aliphatic carbocycles. The first-order valence-electron chi connectivity index (χ1n) is 3.26.